The van der Waals surface area contributed by atoms with Crippen LogP contribution in [0.4, 0.5) is 0 Å². The number of rotatable bonds is 6. The molecule has 10 heteroatoms. The van der Waals surface area contributed by atoms with Crippen molar-refractivity contribution in [3.8, 4) is 40.0 Å². The van der Waals surface area contributed by atoms with E-state index in [0.717, 1.165) is 24.0 Å². The van der Waals surface area contributed by atoms with Crippen molar-refractivity contribution in [2.45, 2.75) is 18.9 Å². The number of fused-ring (bicyclic) bond motifs is 1. The number of hydrazine groups is 1. The van der Waals surface area contributed by atoms with Crippen LogP contribution in [-0.4, -0.2) is 47.3 Å². The number of carbonyl (C=O) groups excluding carboxylic acids is 1. The van der Waals surface area contributed by atoms with Crippen LogP contribution in [0.5, 0.6) is 11.5 Å². The number of benzene rings is 1. The number of aromatic nitrogens is 2. The number of hydrogen-bond donors (Lipinski definition) is 1. The van der Waals surface area contributed by atoms with Gasteiger partial charge in [0.15, 0.2) is 5.58 Å². The Morgan fingerprint density at radius 2 is 1.98 bits per heavy atom. The quantitative estimate of drug-likeness (QED) is 0.364. The van der Waals surface area contributed by atoms with Gasteiger partial charge in [0.2, 0.25) is 0 Å². The summed E-state index contributed by atoms with van der Waals surface area (Å²) in [4.78, 5) is 21.7. The number of hydrogen-bond acceptors (Lipinski definition) is 9. The Morgan fingerprint density at radius 3 is 2.75 bits per heavy atom. The Kier molecular flexibility index (Phi) is 6.87. The molecule has 5 heterocycles. The van der Waals surface area contributed by atoms with E-state index in [9.17, 15) is 10.1 Å². The van der Waals surface area contributed by atoms with Crippen molar-refractivity contribution < 1.29 is 23.4 Å². The van der Waals surface area contributed by atoms with Crippen molar-refractivity contribution in [3.63, 3.8) is 0 Å². The molecule has 2 aliphatic heterocycles. The summed E-state index contributed by atoms with van der Waals surface area (Å²) in [5.74, 6) is 1.13. The second kappa shape index (κ2) is 10.9. The molecule has 200 valence electrons. The van der Waals surface area contributed by atoms with Gasteiger partial charge in [0.25, 0.3) is 5.91 Å². The molecule has 0 spiro atoms. The molecule has 0 saturated carbocycles. The highest BCUT2D eigenvalue weighted by molar-refractivity contribution is 5.95. The summed E-state index contributed by atoms with van der Waals surface area (Å²) in [6, 6.07) is 13.0. The molecule has 1 N–H and O–H groups in total. The van der Waals surface area contributed by atoms with Gasteiger partial charge in [0.1, 0.15) is 40.6 Å². The maximum Gasteiger partial charge on any atom is 0.295 e. The molecule has 3 aromatic heterocycles. The SMILES string of the molecule is COc1cc(C(=O)N2C=CC=CN2)ncc1-c1cc2nccc(-c3ccc(OC4CCOCC4)c(C#N)c3)c2o1. The monoisotopic (exact) mass is 535 g/mol. The number of amides is 1. The zero-order valence-corrected chi connectivity index (χ0v) is 21.7. The smallest absolute Gasteiger partial charge is 0.295 e. The van der Waals surface area contributed by atoms with Crippen molar-refractivity contribution in [1.82, 2.24) is 20.4 Å². The Hall–Kier alpha value is -5.14. The van der Waals surface area contributed by atoms with Crippen molar-refractivity contribution in [2.24, 2.45) is 0 Å². The largest absolute Gasteiger partial charge is 0.496 e. The number of pyridine rings is 2. The van der Waals surface area contributed by atoms with Gasteiger partial charge in [-0.05, 0) is 35.9 Å². The summed E-state index contributed by atoms with van der Waals surface area (Å²) >= 11 is 0. The highest BCUT2D eigenvalue weighted by atomic mass is 16.5. The summed E-state index contributed by atoms with van der Waals surface area (Å²) in [6.07, 6.45) is 11.6. The van der Waals surface area contributed by atoms with Crippen LogP contribution < -0.4 is 14.9 Å². The lowest BCUT2D eigenvalue weighted by Gasteiger charge is -2.23. The van der Waals surface area contributed by atoms with Crippen LogP contribution in [-0.2, 0) is 4.74 Å². The number of nitriles is 1. The van der Waals surface area contributed by atoms with E-state index in [1.54, 1.807) is 55.1 Å². The second-order valence-corrected chi connectivity index (χ2v) is 9.21. The predicted molar refractivity (Wildman–Crippen MR) is 146 cm³/mol. The van der Waals surface area contributed by atoms with E-state index in [4.69, 9.17) is 18.6 Å². The minimum absolute atomic E-state index is 0.0293. The maximum absolute atomic E-state index is 12.8. The lowest BCUT2D eigenvalue weighted by Crippen LogP contribution is -2.36. The van der Waals surface area contributed by atoms with Crippen molar-refractivity contribution >= 4 is 17.0 Å². The topological polar surface area (TPSA) is 123 Å². The average Bonchev–Trinajstić information content (AvgIpc) is 3.46. The third kappa shape index (κ3) is 4.86. The summed E-state index contributed by atoms with van der Waals surface area (Å²) in [6.45, 7) is 1.31. The van der Waals surface area contributed by atoms with E-state index in [2.05, 4.69) is 21.5 Å². The molecule has 40 heavy (non-hydrogen) atoms. The van der Waals surface area contributed by atoms with E-state index < -0.39 is 0 Å². The lowest BCUT2D eigenvalue weighted by atomic mass is 10.0. The minimum atomic E-state index is -0.337. The van der Waals surface area contributed by atoms with Crippen molar-refractivity contribution in [1.29, 1.82) is 5.26 Å². The van der Waals surface area contributed by atoms with Gasteiger partial charge < -0.3 is 18.6 Å². The molecule has 0 unspecified atom stereocenters. The highest BCUT2D eigenvalue weighted by Crippen LogP contribution is 2.38. The van der Waals surface area contributed by atoms with E-state index in [0.29, 0.717) is 52.7 Å². The molecule has 1 aromatic carbocycles. The van der Waals surface area contributed by atoms with E-state index in [1.807, 2.05) is 18.2 Å². The molecule has 10 nitrogen and oxygen atoms in total. The number of nitrogens with zero attached hydrogens (tertiary/aromatic N) is 4. The van der Waals surface area contributed by atoms with E-state index >= 15 is 0 Å². The first-order valence-corrected chi connectivity index (χ1v) is 12.8. The van der Waals surface area contributed by atoms with Gasteiger partial charge >= 0.3 is 0 Å². The Balaban J connectivity index is 1.32. The fourth-order valence-electron chi connectivity index (χ4n) is 4.67. The molecular formula is C30H25N5O5. The fraction of sp³-hybridized carbons (Fsp3) is 0.200. The van der Waals surface area contributed by atoms with Crippen molar-refractivity contribution in [3.05, 3.63) is 84.6 Å². The molecule has 0 bridgehead atoms. The van der Waals surface area contributed by atoms with Crippen LogP contribution in [0.2, 0.25) is 0 Å². The second-order valence-electron chi connectivity index (χ2n) is 9.21. The van der Waals surface area contributed by atoms with Crippen LogP contribution in [0.3, 0.4) is 0 Å². The third-order valence-corrected chi connectivity index (χ3v) is 6.73. The molecule has 0 aliphatic carbocycles. The number of furan rings is 1. The Morgan fingerprint density at radius 1 is 1.10 bits per heavy atom. The first-order chi connectivity index (χ1) is 19.6. The molecule has 2 aliphatic rings. The van der Waals surface area contributed by atoms with Crippen molar-refractivity contribution in [2.75, 3.05) is 20.3 Å². The molecule has 0 atom stereocenters. The summed E-state index contributed by atoms with van der Waals surface area (Å²) < 4.78 is 23.4. The molecule has 1 amide bonds. The normalized spacial score (nSPS) is 15.1. The molecular weight excluding hydrogens is 510 g/mol. The van der Waals surface area contributed by atoms with Crippen LogP contribution in [0.1, 0.15) is 28.9 Å². The average molecular weight is 536 g/mol. The van der Waals surface area contributed by atoms with E-state index in [-0.39, 0.29) is 17.7 Å². The predicted octanol–water partition coefficient (Wildman–Crippen LogP) is 4.98. The lowest BCUT2D eigenvalue weighted by molar-refractivity contribution is 0.0254. The van der Waals surface area contributed by atoms with Gasteiger partial charge in [-0.1, -0.05) is 6.07 Å². The van der Waals surface area contributed by atoms with Crippen LogP contribution in [0, 0.1) is 11.3 Å². The van der Waals surface area contributed by atoms with Crippen LogP contribution in [0.25, 0.3) is 33.6 Å². The fourth-order valence-corrected chi connectivity index (χ4v) is 4.67. The number of nitrogens with one attached hydrogen (secondary N) is 1. The van der Waals surface area contributed by atoms with Gasteiger partial charge in [0, 0.05) is 55.3 Å². The molecule has 4 aromatic rings. The van der Waals surface area contributed by atoms with Crippen LogP contribution in [0.15, 0.2) is 77.8 Å². The molecule has 1 saturated heterocycles. The highest BCUT2D eigenvalue weighted by Gasteiger charge is 2.22. The summed E-state index contributed by atoms with van der Waals surface area (Å²) in [5, 5.41) is 11.2. The first kappa shape index (κ1) is 25.2. The van der Waals surface area contributed by atoms with Gasteiger partial charge in [-0.3, -0.25) is 15.2 Å². The first-order valence-electron chi connectivity index (χ1n) is 12.8. The summed E-state index contributed by atoms with van der Waals surface area (Å²) in [5.41, 5.74) is 6.83. The number of methoxy groups -OCH3 is 1. The van der Waals surface area contributed by atoms with Crippen LogP contribution >= 0.6 is 0 Å². The zero-order chi connectivity index (χ0) is 27.5. The molecule has 6 rings (SSSR count). The Bertz CT molecular complexity index is 1680. The maximum atomic E-state index is 12.8. The van der Waals surface area contributed by atoms with Gasteiger partial charge in [-0.25, -0.2) is 9.99 Å². The van der Waals surface area contributed by atoms with E-state index in [1.165, 1.54) is 12.1 Å². The van der Waals surface area contributed by atoms with Gasteiger partial charge in [0.05, 0.1) is 31.5 Å². The minimum Gasteiger partial charge on any atom is -0.496 e. The third-order valence-electron chi connectivity index (χ3n) is 6.73. The number of carbonyl (C=O) groups is 1. The Labute approximate surface area is 230 Å². The standard InChI is InChI=1S/C30H25N5O5/c1-37-27-16-25(30(36)35-11-3-2-9-34-35)33-18-23(27)28-15-24-29(40-28)22(6-10-32-24)19-4-5-26(20(14-19)17-31)39-21-7-12-38-13-8-21/h2-6,9-11,14-16,18,21,34H,7-8,12-13H2,1H3. The number of ether oxygens (including phenoxy) is 3. The van der Waals surface area contributed by atoms with Gasteiger partial charge in [-0.15, -0.1) is 0 Å². The van der Waals surface area contributed by atoms with Gasteiger partial charge in [-0.2, -0.15) is 5.26 Å². The molecule has 1 fully saturated rings. The zero-order valence-electron chi connectivity index (χ0n) is 21.7. The summed E-state index contributed by atoms with van der Waals surface area (Å²) in [7, 11) is 1.52. The molecule has 0 radical (unpaired) electrons. The number of allylic oxidation sites excluding steroid dienone is 2.